The van der Waals surface area contributed by atoms with E-state index in [0.717, 1.165) is 48.3 Å². The second-order valence-corrected chi connectivity index (χ2v) is 15.9. The highest BCUT2D eigenvalue weighted by molar-refractivity contribution is 6.00. The number of rotatable bonds is 9. The van der Waals surface area contributed by atoms with Gasteiger partial charge in [-0.2, -0.15) is 5.10 Å². The second-order valence-electron chi connectivity index (χ2n) is 15.9. The van der Waals surface area contributed by atoms with Crippen LogP contribution >= 0.6 is 0 Å². The van der Waals surface area contributed by atoms with Gasteiger partial charge >= 0.3 is 5.69 Å². The number of para-hydroxylation sites is 1. The average Bonchev–Trinajstić information content (AvgIpc) is 3.94. The molecule has 60 heavy (non-hydrogen) atoms. The molecule has 6 aromatic rings. The Bertz CT molecular complexity index is 2740. The van der Waals surface area contributed by atoms with E-state index in [0.29, 0.717) is 65.6 Å². The molecule has 312 valence electrons. The summed E-state index contributed by atoms with van der Waals surface area (Å²) in [5, 5.41) is 7.57. The van der Waals surface area contributed by atoms with E-state index < -0.39 is 18.4 Å². The normalized spacial score (nSPS) is 17.8. The molecular weight excluding hydrogens is 775 g/mol. The van der Waals surface area contributed by atoms with Gasteiger partial charge in [-0.1, -0.05) is 18.2 Å². The highest BCUT2D eigenvalue weighted by Crippen LogP contribution is 2.42. The monoisotopic (exact) mass is 820 g/mol. The topological polar surface area (TPSA) is 144 Å². The van der Waals surface area contributed by atoms with Crippen LogP contribution in [0.4, 0.5) is 20.3 Å². The molecule has 1 N–H and O–H groups in total. The number of imide groups is 1. The van der Waals surface area contributed by atoms with Gasteiger partial charge < -0.3 is 18.9 Å². The summed E-state index contributed by atoms with van der Waals surface area (Å²) >= 11 is 0. The first-order chi connectivity index (χ1) is 28.9. The lowest BCUT2D eigenvalue weighted by Crippen LogP contribution is -2.44. The zero-order chi connectivity index (χ0) is 42.0. The Balaban J connectivity index is 0.985. The van der Waals surface area contributed by atoms with Crippen LogP contribution in [0.1, 0.15) is 73.5 Å². The summed E-state index contributed by atoms with van der Waals surface area (Å²) in [6.45, 7) is 4.60. The highest BCUT2D eigenvalue weighted by Gasteiger charge is 2.34. The first kappa shape index (κ1) is 39.1. The molecule has 0 aliphatic carbocycles. The van der Waals surface area contributed by atoms with Gasteiger partial charge in [0.1, 0.15) is 17.4 Å². The minimum Gasteiger partial charge on any atom is -0.495 e. The number of imidazole rings is 2. The van der Waals surface area contributed by atoms with Crippen molar-refractivity contribution in [1.82, 2.24) is 43.4 Å². The van der Waals surface area contributed by atoms with E-state index in [4.69, 9.17) is 9.84 Å². The zero-order valence-electron chi connectivity index (χ0n) is 33.9. The molecule has 15 nitrogen and oxygen atoms in total. The molecular formula is C43H46F2N10O5. The van der Waals surface area contributed by atoms with E-state index in [2.05, 4.69) is 19.9 Å². The number of hydrogen-bond donors (Lipinski definition) is 1. The van der Waals surface area contributed by atoms with Crippen molar-refractivity contribution < 1.29 is 27.9 Å². The molecule has 4 aromatic heterocycles. The minimum atomic E-state index is -2.78. The number of halogens is 2. The van der Waals surface area contributed by atoms with E-state index in [1.807, 2.05) is 30.1 Å². The Kier molecular flexibility index (Phi) is 10.0. The van der Waals surface area contributed by atoms with Crippen molar-refractivity contribution in [3.63, 3.8) is 0 Å². The quantitative estimate of drug-likeness (QED) is 0.193. The van der Waals surface area contributed by atoms with Crippen LogP contribution in [0, 0.1) is 0 Å². The molecule has 9 rings (SSSR count). The van der Waals surface area contributed by atoms with Gasteiger partial charge in [-0.3, -0.25) is 38.4 Å². The van der Waals surface area contributed by atoms with Crippen LogP contribution in [0.25, 0.3) is 27.8 Å². The predicted octanol–water partition coefficient (Wildman–Crippen LogP) is 5.28. The SMILES string of the molecule is COc1cn2ccnc2cc1-c1ccc(N(C)c2nn(C3CCN(Cc4cccc5c4n(C)c(=O)n5C4CCC(=O)NC4=O)CC3)c3c2CN(C(C)=O)CC3)cc1C(F)F. The highest BCUT2D eigenvalue weighted by atomic mass is 19.3. The molecule has 1 atom stereocenters. The first-order valence-electron chi connectivity index (χ1n) is 20.2. The third kappa shape index (κ3) is 6.70. The van der Waals surface area contributed by atoms with Crippen molar-refractivity contribution in [2.45, 2.75) is 70.6 Å². The fourth-order valence-corrected chi connectivity index (χ4v) is 9.33. The van der Waals surface area contributed by atoms with Gasteiger partial charge in [0.15, 0.2) is 5.82 Å². The summed E-state index contributed by atoms with van der Waals surface area (Å²) in [6, 6.07) is 11.8. The molecule has 3 aliphatic heterocycles. The van der Waals surface area contributed by atoms with Gasteiger partial charge in [0.05, 0.1) is 36.9 Å². The summed E-state index contributed by atoms with van der Waals surface area (Å²) in [5.41, 5.74) is 5.90. The largest absolute Gasteiger partial charge is 0.495 e. The molecule has 2 saturated heterocycles. The number of nitrogens with zero attached hydrogens (tertiary/aromatic N) is 9. The molecule has 3 amide bonds. The van der Waals surface area contributed by atoms with E-state index in [1.165, 1.54) is 17.7 Å². The van der Waals surface area contributed by atoms with Gasteiger partial charge in [-0.05, 0) is 54.7 Å². The van der Waals surface area contributed by atoms with Gasteiger partial charge in [0.2, 0.25) is 17.7 Å². The van der Waals surface area contributed by atoms with Crippen molar-refractivity contribution in [2.24, 2.45) is 7.05 Å². The van der Waals surface area contributed by atoms with Crippen molar-refractivity contribution in [3.8, 4) is 16.9 Å². The maximum Gasteiger partial charge on any atom is 0.329 e. The number of aromatic nitrogens is 6. The van der Waals surface area contributed by atoms with Crippen LogP contribution in [0.2, 0.25) is 0 Å². The van der Waals surface area contributed by atoms with E-state index >= 15 is 0 Å². The molecule has 2 fully saturated rings. The predicted molar refractivity (Wildman–Crippen MR) is 219 cm³/mol. The Hall–Kier alpha value is -6.36. The molecule has 0 bridgehead atoms. The molecule has 17 heteroatoms. The van der Waals surface area contributed by atoms with Crippen molar-refractivity contribution in [3.05, 3.63) is 93.9 Å². The molecule has 0 radical (unpaired) electrons. The number of fused-ring (bicyclic) bond motifs is 3. The van der Waals surface area contributed by atoms with Crippen LogP contribution in [-0.4, -0.2) is 89.6 Å². The van der Waals surface area contributed by atoms with Crippen LogP contribution in [0.15, 0.2) is 65.8 Å². The number of anilines is 2. The van der Waals surface area contributed by atoms with E-state index in [1.54, 1.807) is 64.6 Å². The number of pyridine rings is 1. The molecule has 7 heterocycles. The Morgan fingerprint density at radius 1 is 1.03 bits per heavy atom. The lowest BCUT2D eigenvalue weighted by molar-refractivity contribution is -0.135. The maximum absolute atomic E-state index is 14.9. The van der Waals surface area contributed by atoms with Crippen LogP contribution in [-0.2, 0) is 40.9 Å². The van der Waals surface area contributed by atoms with Gasteiger partial charge in [0, 0.05) is 101 Å². The number of benzene rings is 2. The number of ether oxygens (including phenoxy) is 1. The summed E-state index contributed by atoms with van der Waals surface area (Å²) in [7, 11) is 5.05. The Morgan fingerprint density at radius 3 is 2.57 bits per heavy atom. The van der Waals surface area contributed by atoms with Crippen molar-refractivity contribution in [1.29, 1.82) is 0 Å². The number of carbonyl (C=O) groups is 3. The Morgan fingerprint density at radius 2 is 1.83 bits per heavy atom. The smallest absolute Gasteiger partial charge is 0.329 e. The number of alkyl halides is 2. The molecule has 3 aliphatic rings. The number of piperidine rings is 2. The summed E-state index contributed by atoms with van der Waals surface area (Å²) in [6.07, 6.45) is 5.02. The number of nitrogens with one attached hydrogen (secondary N) is 1. The lowest BCUT2D eigenvalue weighted by Gasteiger charge is -2.34. The summed E-state index contributed by atoms with van der Waals surface area (Å²) < 4.78 is 42.4. The van der Waals surface area contributed by atoms with Crippen LogP contribution < -0.4 is 20.6 Å². The lowest BCUT2D eigenvalue weighted by atomic mass is 9.98. The second kappa shape index (κ2) is 15.3. The van der Waals surface area contributed by atoms with Crippen molar-refractivity contribution in [2.75, 3.05) is 38.7 Å². The third-order valence-corrected chi connectivity index (χ3v) is 12.5. The summed E-state index contributed by atoms with van der Waals surface area (Å²) in [5.74, 6) is 0.230. The standard InChI is InChI=1S/C43H46F2N10O5/c1-25(56)52-18-14-33-32(23-52)41(49(2)28-8-9-29(31(20-28)40(44)45)30-21-37-46-15-19-53(37)24-36(30)60-4)48-55(33)27-12-16-51(17-13-27)22-26-6-5-7-34-39(26)50(3)43(59)54(34)35-10-11-38(57)47-42(35)58/h5-9,15,19-21,24,27,35,40H,10-14,16-18,22-23H2,1-4H3,(H,47,57,58). The zero-order valence-corrected chi connectivity index (χ0v) is 33.9. The van der Waals surface area contributed by atoms with Gasteiger partial charge in [-0.25, -0.2) is 18.6 Å². The van der Waals surface area contributed by atoms with Crippen LogP contribution in [0.5, 0.6) is 5.75 Å². The third-order valence-electron chi connectivity index (χ3n) is 12.5. The summed E-state index contributed by atoms with van der Waals surface area (Å²) in [4.78, 5) is 61.1. The van der Waals surface area contributed by atoms with Crippen molar-refractivity contribution >= 4 is 45.9 Å². The van der Waals surface area contributed by atoms with E-state index in [9.17, 15) is 28.0 Å². The van der Waals surface area contributed by atoms with Gasteiger partial charge in [0.25, 0.3) is 6.43 Å². The molecule has 2 aromatic carbocycles. The molecule has 0 saturated carbocycles. The fourth-order valence-electron chi connectivity index (χ4n) is 9.33. The number of likely N-dealkylation sites (tertiary alicyclic amines) is 1. The van der Waals surface area contributed by atoms with Gasteiger partial charge in [-0.15, -0.1) is 0 Å². The number of methoxy groups -OCH3 is 1. The average molecular weight is 821 g/mol. The maximum atomic E-state index is 14.9. The number of aryl methyl sites for hydroxylation is 1. The van der Waals surface area contributed by atoms with Crippen LogP contribution in [0.3, 0.4) is 0 Å². The number of amides is 3. The number of carbonyl (C=O) groups excluding carboxylic acids is 3. The fraction of sp³-hybridized carbons (Fsp3) is 0.395. The van der Waals surface area contributed by atoms with E-state index in [-0.39, 0.29) is 42.0 Å². The molecule has 0 spiro atoms. The first-order valence-corrected chi connectivity index (χ1v) is 20.2. The molecule has 1 unspecified atom stereocenters. The Labute approximate surface area is 343 Å². The number of hydrogen-bond acceptors (Lipinski definition) is 9. The minimum absolute atomic E-state index is 0.0389.